The van der Waals surface area contributed by atoms with Gasteiger partial charge in [-0.2, -0.15) is 0 Å². The Kier molecular flexibility index (Phi) is 3.05. The number of carboxylic acids is 1. The lowest BCUT2D eigenvalue weighted by Crippen LogP contribution is -2.09. The zero-order valence-electron chi connectivity index (χ0n) is 9.38. The highest BCUT2D eigenvalue weighted by atomic mass is 16.5. The number of ether oxygens (including phenoxy) is 1. The highest BCUT2D eigenvalue weighted by Gasteiger charge is 2.12. The van der Waals surface area contributed by atoms with Crippen LogP contribution < -0.4 is 10.3 Å². The second kappa shape index (κ2) is 4.66. The molecule has 0 bridgehead atoms. The van der Waals surface area contributed by atoms with Crippen molar-refractivity contribution in [2.75, 3.05) is 0 Å². The molecule has 7 heteroatoms. The first-order valence-corrected chi connectivity index (χ1v) is 4.99. The van der Waals surface area contributed by atoms with Gasteiger partial charge in [0.1, 0.15) is 11.4 Å². The van der Waals surface area contributed by atoms with Gasteiger partial charge in [-0.3, -0.25) is 9.78 Å². The number of H-pyrrole nitrogens is 1. The smallest absolute Gasteiger partial charge is 0.339 e. The summed E-state index contributed by atoms with van der Waals surface area (Å²) in [6.07, 6.45) is 2.59. The molecule has 0 spiro atoms. The van der Waals surface area contributed by atoms with E-state index in [2.05, 4.69) is 15.0 Å². The van der Waals surface area contributed by atoms with E-state index in [1.54, 1.807) is 6.92 Å². The molecule has 0 saturated heterocycles. The van der Waals surface area contributed by atoms with E-state index in [0.717, 1.165) is 6.07 Å². The molecule has 0 aliphatic heterocycles. The molecule has 0 aliphatic rings. The molecular formula is C11H9N3O4. The maximum absolute atomic E-state index is 11.2. The normalized spacial score (nSPS) is 10.1. The van der Waals surface area contributed by atoms with Gasteiger partial charge in [0.2, 0.25) is 5.88 Å². The third kappa shape index (κ3) is 2.51. The van der Waals surface area contributed by atoms with E-state index in [1.807, 2.05) is 0 Å². The van der Waals surface area contributed by atoms with Crippen LogP contribution in [0.3, 0.4) is 0 Å². The number of aromatic nitrogens is 3. The third-order valence-corrected chi connectivity index (χ3v) is 2.07. The maximum atomic E-state index is 11.2. The van der Waals surface area contributed by atoms with E-state index in [-0.39, 0.29) is 22.8 Å². The Morgan fingerprint density at radius 2 is 2.28 bits per heavy atom. The molecule has 0 atom stereocenters. The number of rotatable bonds is 3. The molecule has 0 aromatic carbocycles. The van der Waals surface area contributed by atoms with Crippen LogP contribution >= 0.6 is 0 Å². The van der Waals surface area contributed by atoms with E-state index in [4.69, 9.17) is 9.84 Å². The lowest BCUT2D eigenvalue weighted by Gasteiger charge is -2.06. The van der Waals surface area contributed by atoms with Crippen LogP contribution in [0.4, 0.5) is 0 Å². The van der Waals surface area contributed by atoms with Crippen LogP contribution in [0.25, 0.3) is 0 Å². The second-order valence-corrected chi connectivity index (χ2v) is 3.45. The van der Waals surface area contributed by atoms with Gasteiger partial charge >= 0.3 is 5.97 Å². The number of aryl methyl sites for hydroxylation is 1. The van der Waals surface area contributed by atoms with Gasteiger partial charge in [-0.25, -0.2) is 9.78 Å². The standard InChI is InChI=1S/C11H9N3O4/c1-6-13-9(15)4-10(14-6)18-8-5-12-3-2-7(8)11(16)17/h2-5H,1H3,(H,16,17)(H,13,14,15). The summed E-state index contributed by atoms with van der Waals surface area (Å²) in [6, 6.07) is 2.43. The molecule has 0 saturated carbocycles. The van der Waals surface area contributed by atoms with Crippen LogP contribution in [0.2, 0.25) is 0 Å². The SMILES string of the molecule is Cc1nc(Oc2cnccc2C(=O)O)cc(=O)[nH]1. The second-order valence-electron chi connectivity index (χ2n) is 3.45. The predicted octanol–water partition coefficient (Wildman–Crippen LogP) is 0.964. The number of hydrogen-bond donors (Lipinski definition) is 2. The van der Waals surface area contributed by atoms with E-state index < -0.39 is 5.97 Å². The molecule has 0 unspecified atom stereocenters. The summed E-state index contributed by atoms with van der Waals surface area (Å²) in [7, 11) is 0. The lowest BCUT2D eigenvalue weighted by molar-refractivity contribution is 0.0694. The first kappa shape index (κ1) is 11.8. The largest absolute Gasteiger partial charge is 0.478 e. The summed E-state index contributed by atoms with van der Waals surface area (Å²) in [6.45, 7) is 1.59. The Hall–Kier alpha value is -2.70. The first-order chi connectivity index (χ1) is 8.56. The highest BCUT2D eigenvalue weighted by molar-refractivity contribution is 5.90. The summed E-state index contributed by atoms with van der Waals surface area (Å²) in [5.41, 5.74) is -0.428. The predicted molar refractivity (Wildman–Crippen MR) is 60.9 cm³/mol. The van der Waals surface area contributed by atoms with Crippen molar-refractivity contribution in [2.45, 2.75) is 6.92 Å². The van der Waals surface area contributed by atoms with Crippen LogP contribution in [-0.4, -0.2) is 26.0 Å². The van der Waals surface area contributed by atoms with Gasteiger partial charge in [-0.1, -0.05) is 0 Å². The van der Waals surface area contributed by atoms with E-state index in [1.165, 1.54) is 18.5 Å². The molecule has 0 fully saturated rings. The van der Waals surface area contributed by atoms with Crippen molar-refractivity contribution in [3.63, 3.8) is 0 Å². The Morgan fingerprint density at radius 1 is 1.50 bits per heavy atom. The number of nitrogens with one attached hydrogen (secondary N) is 1. The summed E-state index contributed by atoms with van der Waals surface area (Å²) in [4.78, 5) is 32.3. The number of carbonyl (C=O) groups is 1. The summed E-state index contributed by atoms with van der Waals surface area (Å²) >= 11 is 0. The van der Waals surface area contributed by atoms with E-state index in [0.29, 0.717) is 5.82 Å². The van der Waals surface area contributed by atoms with Crippen molar-refractivity contribution in [3.05, 3.63) is 46.3 Å². The topological polar surface area (TPSA) is 105 Å². The molecule has 0 radical (unpaired) electrons. The van der Waals surface area contributed by atoms with Gasteiger partial charge in [-0.15, -0.1) is 0 Å². The molecule has 2 aromatic rings. The molecule has 2 aromatic heterocycles. The van der Waals surface area contributed by atoms with Gasteiger partial charge in [0.15, 0.2) is 5.75 Å². The van der Waals surface area contributed by atoms with Crippen LogP contribution in [0, 0.1) is 6.92 Å². The van der Waals surface area contributed by atoms with Crippen molar-refractivity contribution in [2.24, 2.45) is 0 Å². The average Bonchev–Trinajstić information content (AvgIpc) is 2.27. The summed E-state index contributed by atoms with van der Waals surface area (Å²) in [5.74, 6) is -0.721. The molecule has 0 amide bonds. The van der Waals surface area contributed by atoms with Crippen LogP contribution in [0.15, 0.2) is 29.3 Å². The van der Waals surface area contributed by atoms with Crippen molar-refractivity contribution in [1.82, 2.24) is 15.0 Å². The van der Waals surface area contributed by atoms with Crippen molar-refractivity contribution in [3.8, 4) is 11.6 Å². The molecule has 92 valence electrons. The molecule has 2 rings (SSSR count). The fourth-order valence-corrected chi connectivity index (χ4v) is 1.35. The highest BCUT2D eigenvalue weighted by Crippen LogP contribution is 2.21. The average molecular weight is 247 g/mol. The van der Waals surface area contributed by atoms with Crippen molar-refractivity contribution < 1.29 is 14.6 Å². The Bertz CT molecular complexity index is 651. The number of hydrogen-bond acceptors (Lipinski definition) is 5. The fourth-order valence-electron chi connectivity index (χ4n) is 1.35. The van der Waals surface area contributed by atoms with Gasteiger partial charge < -0.3 is 14.8 Å². The Labute approximate surface area is 101 Å². The number of nitrogens with zero attached hydrogens (tertiary/aromatic N) is 2. The Balaban J connectivity index is 2.40. The quantitative estimate of drug-likeness (QED) is 0.836. The molecule has 7 nitrogen and oxygen atoms in total. The molecule has 18 heavy (non-hydrogen) atoms. The van der Waals surface area contributed by atoms with E-state index in [9.17, 15) is 9.59 Å². The van der Waals surface area contributed by atoms with Crippen LogP contribution in [0.1, 0.15) is 16.2 Å². The van der Waals surface area contributed by atoms with E-state index >= 15 is 0 Å². The number of pyridine rings is 1. The molecular weight excluding hydrogens is 238 g/mol. The Morgan fingerprint density at radius 3 is 2.94 bits per heavy atom. The fraction of sp³-hybridized carbons (Fsp3) is 0.0909. The van der Waals surface area contributed by atoms with Crippen LogP contribution in [0.5, 0.6) is 11.6 Å². The number of carboxylic acid groups (broad SMARTS) is 1. The van der Waals surface area contributed by atoms with Crippen molar-refractivity contribution in [1.29, 1.82) is 0 Å². The van der Waals surface area contributed by atoms with Crippen LogP contribution in [-0.2, 0) is 0 Å². The van der Waals surface area contributed by atoms with Gasteiger partial charge in [0, 0.05) is 6.20 Å². The van der Waals surface area contributed by atoms with Gasteiger partial charge in [0.05, 0.1) is 12.3 Å². The van der Waals surface area contributed by atoms with Crippen molar-refractivity contribution >= 4 is 5.97 Å². The minimum atomic E-state index is -1.14. The third-order valence-electron chi connectivity index (χ3n) is 2.07. The molecule has 2 heterocycles. The zero-order chi connectivity index (χ0) is 13.1. The van der Waals surface area contributed by atoms with Gasteiger partial charge in [-0.05, 0) is 13.0 Å². The molecule has 0 aliphatic carbocycles. The monoisotopic (exact) mass is 247 g/mol. The lowest BCUT2D eigenvalue weighted by atomic mass is 10.2. The summed E-state index contributed by atoms with van der Waals surface area (Å²) in [5, 5.41) is 8.96. The number of aromatic amines is 1. The minimum Gasteiger partial charge on any atom is -0.478 e. The first-order valence-electron chi connectivity index (χ1n) is 4.99. The molecule has 2 N–H and O–H groups in total. The van der Waals surface area contributed by atoms with Gasteiger partial charge in [0.25, 0.3) is 5.56 Å². The number of aromatic carboxylic acids is 1. The zero-order valence-corrected chi connectivity index (χ0v) is 9.38. The minimum absolute atomic E-state index is 0.0201. The summed E-state index contributed by atoms with van der Waals surface area (Å²) < 4.78 is 5.26. The maximum Gasteiger partial charge on any atom is 0.339 e.